The van der Waals surface area contributed by atoms with Crippen molar-refractivity contribution >= 4 is 33.4 Å². The molecule has 0 aliphatic carbocycles. The van der Waals surface area contributed by atoms with E-state index in [0.717, 1.165) is 19.3 Å². The zero-order valence-corrected chi connectivity index (χ0v) is 11.2. The standard InChI is InChI=1S/C15H13I/c1-2-3-4-9-14-13-8-6-5-7-12(13)10-11-15(14)16/h1,5-8,10-11H,3-4,9H2. The molecule has 0 amide bonds. The van der Waals surface area contributed by atoms with Gasteiger partial charge in [-0.25, -0.2) is 0 Å². The molecule has 16 heavy (non-hydrogen) atoms. The maximum absolute atomic E-state index is 5.29. The number of halogens is 1. The Kier molecular flexibility index (Phi) is 3.84. The second kappa shape index (κ2) is 5.36. The number of benzene rings is 2. The highest BCUT2D eigenvalue weighted by molar-refractivity contribution is 14.1. The average Bonchev–Trinajstić information content (AvgIpc) is 2.32. The van der Waals surface area contributed by atoms with Gasteiger partial charge in [-0.15, -0.1) is 12.3 Å². The molecule has 0 unspecified atom stereocenters. The number of aryl methyl sites for hydroxylation is 1. The zero-order valence-electron chi connectivity index (χ0n) is 9.04. The van der Waals surface area contributed by atoms with E-state index in [0.29, 0.717) is 0 Å². The molecule has 0 bridgehead atoms. The van der Waals surface area contributed by atoms with Gasteiger partial charge in [-0.1, -0.05) is 30.3 Å². The summed E-state index contributed by atoms with van der Waals surface area (Å²) in [6.45, 7) is 0. The van der Waals surface area contributed by atoms with Gasteiger partial charge in [-0.2, -0.15) is 0 Å². The minimum atomic E-state index is 0.860. The Bertz CT molecular complexity index is 535. The quantitative estimate of drug-likeness (QED) is 0.447. The van der Waals surface area contributed by atoms with Gasteiger partial charge in [0, 0.05) is 9.99 Å². The van der Waals surface area contributed by atoms with E-state index in [4.69, 9.17) is 6.42 Å². The van der Waals surface area contributed by atoms with Gasteiger partial charge >= 0.3 is 0 Å². The molecule has 0 saturated carbocycles. The fourth-order valence-corrected chi connectivity index (χ4v) is 2.67. The highest BCUT2D eigenvalue weighted by atomic mass is 127. The second-order valence-electron chi connectivity index (χ2n) is 3.80. The van der Waals surface area contributed by atoms with Crippen molar-refractivity contribution in [3.05, 3.63) is 45.5 Å². The van der Waals surface area contributed by atoms with Crippen LogP contribution in [0.3, 0.4) is 0 Å². The van der Waals surface area contributed by atoms with Crippen LogP contribution >= 0.6 is 22.6 Å². The van der Waals surface area contributed by atoms with Crippen LogP contribution in [0.4, 0.5) is 0 Å². The molecule has 0 spiro atoms. The molecule has 0 saturated heterocycles. The Labute approximate surface area is 110 Å². The second-order valence-corrected chi connectivity index (χ2v) is 4.97. The van der Waals surface area contributed by atoms with Crippen molar-refractivity contribution in [2.75, 3.05) is 0 Å². The molecular formula is C15H13I. The first-order chi connectivity index (χ1) is 7.83. The molecule has 80 valence electrons. The van der Waals surface area contributed by atoms with Gasteiger partial charge in [-0.05, 0) is 57.8 Å². The van der Waals surface area contributed by atoms with E-state index in [1.165, 1.54) is 19.9 Å². The normalized spacial score (nSPS) is 10.2. The number of hydrogen-bond donors (Lipinski definition) is 0. The van der Waals surface area contributed by atoms with Crippen LogP contribution in [-0.4, -0.2) is 0 Å². The largest absolute Gasteiger partial charge is 0.120 e. The van der Waals surface area contributed by atoms with Crippen molar-refractivity contribution in [3.63, 3.8) is 0 Å². The maximum atomic E-state index is 5.29. The SMILES string of the molecule is C#CCCCc1c(I)ccc2ccccc12. The van der Waals surface area contributed by atoms with Crippen molar-refractivity contribution < 1.29 is 0 Å². The van der Waals surface area contributed by atoms with Crippen LogP contribution in [0.15, 0.2) is 36.4 Å². The first-order valence-electron chi connectivity index (χ1n) is 5.42. The van der Waals surface area contributed by atoms with Crippen molar-refractivity contribution in [3.8, 4) is 12.3 Å². The lowest BCUT2D eigenvalue weighted by molar-refractivity contribution is 0.860. The van der Waals surface area contributed by atoms with E-state index < -0.39 is 0 Å². The van der Waals surface area contributed by atoms with Gasteiger partial charge in [-0.3, -0.25) is 0 Å². The lowest BCUT2D eigenvalue weighted by Gasteiger charge is -2.08. The Balaban J connectivity index is 2.41. The van der Waals surface area contributed by atoms with Gasteiger partial charge < -0.3 is 0 Å². The summed E-state index contributed by atoms with van der Waals surface area (Å²) < 4.78 is 1.34. The monoisotopic (exact) mass is 320 g/mol. The van der Waals surface area contributed by atoms with Crippen LogP contribution in [-0.2, 0) is 6.42 Å². The lowest BCUT2D eigenvalue weighted by Crippen LogP contribution is -1.91. The first-order valence-corrected chi connectivity index (χ1v) is 6.50. The molecule has 0 radical (unpaired) electrons. The van der Waals surface area contributed by atoms with E-state index in [2.05, 4.69) is 64.9 Å². The Hall–Kier alpha value is -1.01. The summed E-state index contributed by atoms with van der Waals surface area (Å²) in [5.74, 6) is 2.70. The van der Waals surface area contributed by atoms with Crippen LogP contribution < -0.4 is 0 Å². The minimum absolute atomic E-state index is 0.860. The van der Waals surface area contributed by atoms with Crippen molar-refractivity contribution in [2.45, 2.75) is 19.3 Å². The summed E-state index contributed by atoms with van der Waals surface area (Å²) in [4.78, 5) is 0. The third kappa shape index (κ3) is 2.38. The lowest BCUT2D eigenvalue weighted by atomic mass is 10.0. The highest BCUT2D eigenvalue weighted by Gasteiger charge is 2.04. The number of unbranched alkanes of at least 4 members (excludes halogenated alkanes) is 1. The van der Waals surface area contributed by atoms with E-state index in [1.54, 1.807) is 0 Å². The number of terminal acetylenes is 1. The Morgan fingerprint density at radius 3 is 2.75 bits per heavy atom. The van der Waals surface area contributed by atoms with Gasteiger partial charge in [0.1, 0.15) is 0 Å². The van der Waals surface area contributed by atoms with Gasteiger partial charge in [0.05, 0.1) is 0 Å². The fourth-order valence-electron chi connectivity index (χ4n) is 1.93. The summed E-state index contributed by atoms with van der Waals surface area (Å²) in [5.41, 5.74) is 1.44. The zero-order chi connectivity index (χ0) is 11.4. The van der Waals surface area contributed by atoms with E-state index in [-0.39, 0.29) is 0 Å². The van der Waals surface area contributed by atoms with Crippen LogP contribution in [0.1, 0.15) is 18.4 Å². The topological polar surface area (TPSA) is 0 Å². The van der Waals surface area contributed by atoms with Gasteiger partial charge in [0.25, 0.3) is 0 Å². The summed E-state index contributed by atoms with van der Waals surface area (Å²) in [5, 5.41) is 2.69. The fraction of sp³-hybridized carbons (Fsp3) is 0.200. The number of fused-ring (bicyclic) bond motifs is 1. The number of hydrogen-bond acceptors (Lipinski definition) is 0. The minimum Gasteiger partial charge on any atom is -0.120 e. The average molecular weight is 320 g/mol. The highest BCUT2D eigenvalue weighted by Crippen LogP contribution is 2.25. The molecule has 1 heteroatoms. The van der Waals surface area contributed by atoms with Crippen molar-refractivity contribution in [1.82, 2.24) is 0 Å². The maximum Gasteiger partial charge on any atom is 0.0168 e. The molecule has 0 N–H and O–H groups in total. The summed E-state index contributed by atoms with van der Waals surface area (Å²) >= 11 is 2.41. The molecule has 2 aromatic carbocycles. The van der Waals surface area contributed by atoms with Gasteiger partial charge in [0.2, 0.25) is 0 Å². The van der Waals surface area contributed by atoms with Crippen LogP contribution in [0.5, 0.6) is 0 Å². The molecule has 0 aromatic heterocycles. The molecule has 0 heterocycles. The Morgan fingerprint density at radius 2 is 1.94 bits per heavy atom. The summed E-state index contributed by atoms with van der Waals surface area (Å²) in [6.07, 6.45) is 8.30. The first kappa shape index (κ1) is 11.5. The van der Waals surface area contributed by atoms with Gasteiger partial charge in [0.15, 0.2) is 0 Å². The van der Waals surface area contributed by atoms with Crippen LogP contribution in [0.25, 0.3) is 10.8 Å². The van der Waals surface area contributed by atoms with Crippen LogP contribution in [0.2, 0.25) is 0 Å². The summed E-state index contributed by atoms with van der Waals surface area (Å²) in [6, 6.07) is 12.9. The number of rotatable bonds is 3. The summed E-state index contributed by atoms with van der Waals surface area (Å²) in [7, 11) is 0. The van der Waals surface area contributed by atoms with Crippen molar-refractivity contribution in [2.24, 2.45) is 0 Å². The van der Waals surface area contributed by atoms with E-state index in [1.807, 2.05) is 0 Å². The Morgan fingerprint density at radius 1 is 1.12 bits per heavy atom. The predicted molar refractivity (Wildman–Crippen MR) is 78.4 cm³/mol. The molecule has 0 atom stereocenters. The van der Waals surface area contributed by atoms with Crippen molar-refractivity contribution in [1.29, 1.82) is 0 Å². The smallest absolute Gasteiger partial charge is 0.0168 e. The molecule has 0 nitrogen and oxygen atoms in total. The third-order valence-corrected chi connectivity index (χ3v) is 3.74. The molecule has 0 aliphatic heterocycles. The molecular weight excluding hydrogens is 307 g/mol. The van der Waals surface area contributed by atoms with E-state index in [9.17, 15) is 0 Å². The predicted octanol–water partition coefficient (Wildman–Crippen LogP) is 4.40. The molecule has 0 fully saturated rings. The van der Waals surface area contributed by atoms with E-state index >= 15 is 0 Å². The van der Waals surface area contributed by atoms with Crippen LogP contribution in [0, 0.1) is 15.9 Å². The molecule has 2 rings (SSSR count). The molecule has 0 aliphatic rings. The third-order valence-electron chi connectivity index (χ3n) is 2.73. The molecule has 2 aromatic rings.